The van der Waals surface area contributed by atoms with Gasteiger partial charge in [-0.05, 0) is 42.0 Å². The second-order valence-electron chi connectivity index (χ2n) is 5.02. The molecule has 3 rings (SSSR count). The molecule has 24 heavy (non-hydrogen) atoms. The summed E-state index contributed by atoms with van der Waals surface area (Å²) in [4.78, 5) is 25.1. The van der Waals surface area contributed by atoms with Crippen LogP contribution in [0.3, 0.4) is 0 Å². The van der Waals surface area contributed by atoms with Crippen molar-refractivity contribution in [1.29, 1.82) is 0 Å². The van der Waals surface area contributed by atoms with Crippen molar-refractivity contribution >= 4 is 34.4 Å². The van der Waals surface area contributed by atoms with Crippen LogP contribution in [0.4, 0.5) is 11.4 Å². The number of benzene rings is 2. The maximum atomic E-state index is 11.0. The highest BCUT2D eigenvalue weighted by Gasteiger charge is 2.11. The first-order valence-electron chi connectivity index (χ1n) is 7.01. The van der Waals surface area contributed by atoms with Gasteiger partial charge in [0.05, 0.1) is 26.4 Å². The summed E-state index contributed by atoms with van der Waals surface area (Å²) in [5, 5.41) is 22.1. The monoisotopic (exact) mass is 321 g/mol. The SMILES string of the molecule is O=[N+]([O-])c1ccc(C=Cc2ccc3c([N+](=O)[O-])cccc3n2)cc1. The summed E-state index contributed by atoms with van der Waals surface area (Å²) in [6, 6.07) is 14.2. The van der Waals surface area contributed by atoms with Gasteiger partial charge in [0, 0.05) is 18.2 Å². The fourth-order valence-electron chi connectivity index (χ4n) is 2.30. The summed E-state index contributed by atoms with van der Waals surface area (Å²) >= 11 is 0. The Bertz CT molecular complexity index is 965. The predicted octanol–water partition coefficient (Wildman–Crippen LogP) is 4.22. The van der Waals surface area contributed by atoms with Gasteiger partial charge in [0.1, 0.15) is 0 Å². The van der Waals surface area contributed by atoms with Crippen LogP contribution in [-0.4, -0.2) is 14.8 Å². The lowest BCUT2D eigenvalue weighted by atomic mass is 10.1. The highest BCUT2D eigenvalue weighted by molar-refractivity contribution is 5.88. The molecule has 0 fully saturated rings. The van der Waals surface area contributed by atoms with Crippen LogP contribution in [0.25, 0.3) is 23.1 Å². The van der Waals surface area contributed by atoms with Gasteiger partial charge < -0.3 is 0 Å². The van der Waals surface area contributed by atoms with Crippen LogP contribution in [0.15, 0.2) is 54.6 Å². The Balaban J connectivity index is 1.90. The molecule has 0 bridgehead atoms. The van der Waals surface area contributed by atoms with Gasteiger partial charge in [-0.3, -0.25) is 20.2 Å². The minimum absolute atomic E-state index is 0.0194. The molecular weight excluding hydrogens is 310 g/mol. The van der Waals surface area contributed by atoms with E-state index < -0.39 is 9.85 Å². The van der Waals surface area contributed by atoms with E-state index in [9.17, 15) is 20.2 Å². The summed E-state index contributed by atoms with van der Waals surface area (Å²) in [5.41, 5.74) is 2.02. The Labute approximate surface area is 136 Å². The third kappa shape index (κ3) is 3.09. The van der Waals surface area contributed by atoms with Gasteiger partial charge in [-0.15, -0.1) is 0 Å². The van der Waals surface area contributed by atoms with Gasteiger partial charge in [0.15, 0.2) is 0 Å². The van der Waals surface area contributed by atoms with E-state index >= 15 is 0 Å². The molecule has 7 heteroatoms. The first-order valence-corrected chi connectivity index (χ1v) is 7.01. The molecule has 3 aromatic rings. The van der Waals surface area contributed by atoms with Crippen LogP contribution in [0.2, 0.25) is 0 Å². The standard InChI is InChI=1S/C17H11N3O4/c21-19(22)14-9-5-12(6-10-14)4-7-13-8-11-15-16(18-13)2-1-3-17(15)20(23)24/h1-11H. The number of non-ortho nitro benzene ring substituents is 2. The Morgan fingerprint density at radius 1 is 0.833 bits per heavy atom. The summed E-state index contributed by atoms with van der Waals surface area (Å²) in [6.07, 6.45) is 3.52. The number of nitro groups is 2. The average molecular weight is 321 g/mol. The number of aromatic nitrogens is 1. The molecule has 0 saturated heterocycles. The van der Waals surface area contributed by atoms with E-state index in [-0.39, 0.29) is 11.4 Å². The number of fused-ring (bicyclic) bond motifs is 1. The molecule has 0 saturated carbocycles. The Kier molecular flexibility index (Phi) is 3.98. The highest BCUT2D eigenvalue weighted by Crippen LogP contribution is 2.24. The molecule has 0 N–H and O–H groups in total. The van der Waals surface area contributed by atoms with Gasteiger partial charge in [-0.1, -0.05) is 12.1 Å². The molecule has 0 aliphatic heterocycles. The fraction of sp³-hybridized carbons (Fsp3) is 0. The maximum Gasteiger partial charge on any atom is 0.278 e. The molecule has 1 heterocycles. The van der Waals surface area contributed by atoms with E-state index in [0.717, 1.165) is 5.56 Å². The number of pyridine rings is 1. The lowest BCUT2D eigenvalue weighted by Gasteiger charge is -2.00. The minimum Gasteiger partial charge on any atom is -0.258 e. The summed E-state index contributed by atoms with van der Waals surface area (Å²) in [7, 11) is 0. The summed E-state index contributed by atoms with van der Waals surface area (Å²) in [6.45, 7) is 0. The topological polar surface area (TPSA) is 99.2 Å². The van der Waals surface area contributed by atoms with E-state index in [2.05, 4.69) is 4.98 Å². The molecule has 0 atom stereocenters. The Hall–Kier alpha value is -3.61. The lowest BCUT2D eigenvalue weighted by Crippen LogP contribution is -1.91. The van der Waals surface area contributed by atoms with Crippen LogP contribution in [0.1, 0.15) is 11.3 Å². The van der Waals surface area contributed by atoms with Gasteiger partial charge in [-0.2, -0.15) is 0 Å². The van der Waals surface area contributed by atoms with Gasteiger partial charge in [0.25, 0.3) is 11.4 Å². The lowest BCUT2D eigenvalue weighted by molar-refractivity contribution is -0.384. The van der Waals surface area contributed by atoms with Crippen LogP contribution in [0, 0.1) is 20.2 Å². The van der Waals surface area contributed by atoms with Crippen LogP contribution >= 0.6 is 0 Å². The molecule has 0 aliphatic carbocycles. The summed E-state index contributed by atoms with van der Waals surface area (Å²) < 4.78 is 0. The van der Waals surface area contributed by atoms with Crippen molar-refractivity contribution in [3.63, 3.8) is 0 Å². The molecule has 0 unspecified atom stereocenters. The predicted molar refractivity (Wildman–Crippen MR) is 90.4 cm³/mol. The maximum absolute atomic E-state index is 11.0. The molecule has 118 valence electrons. The van der Waals surface area contributed by atoms with Gasteiger partial charge in [-0.25, -0.2) is 4.98 Å². The van der Waals surface area contributed by atoms with Crippen molar-refractivity contribution in [2.24, 2.45) is 0 Å². The molecule has 7 nitrogen and oxygen atoms in total. The number of nitro benzene ring substituents is 2. The van der Waals surface area contributed by atoms with E-state index in [1.165, 1.54) is 18.2 Å². The van der Waals surface area contributed by atoms with Crippen molar-refractivity contribution in [2.75, 3.05) is 0 Å². The van der Waals surface area contributed by atoms with E-state index in [4.69, 9.17) is 0 Å². The first-order chi connectivity index (χ1) is 11.5. The quantitative estimate of drug-likeness (QED) is 0.529. The molecule has 0 spiro atoms. The Morgan fingerprint density at radius 3 is 2.25 bits per heavy atom. The van der Waals surface area contributed by atoms with Crippen LogP contribution in [-0.2, 0) is 0 Å². The van der Waals surface area contributed by atoms with E-state index in [0.29, 0.717) is 16.6 Å². The molecule has 0 aliphatic rings. The third-order valence-corrected chi connectivity index (χ3v) is 3.48. The normalized spacial score (nSPS) is 11.0. The second kappa shape index (κ2) is 6.25. The van der Waals surface area contributed by atoms with Gasteiger partial charge in [0.2, 0.25) is 0 Å². The van der Waals surface area contributed by atoms with E-state index in [1.54, 1.807) is 48.6 Å². The van der Waals surface area contributed by atoms with Gasteiger partial charge >= 0.3 is 0 Å². The zero-order valence-electron chi connectivity index (χ0n) is 12.3. The first kappa shape index (κ1) is 15.3. The molecule has 2 aromatic carbocycles. The molecule has 0 radical (unpaired) electrons. The zero-order chi connectivity index (χ0) is 17.1. The second-order valence-corrected chi connectivity index (χ2v) is 5.02. The Morgan fingerprint density at radius 2 is 1.58 bits per heavy atom. The average Bonchev–Trinajstić information content (AvgIpc) is 2.59. The summed E-state index contributed by atoms with van der Waals surface area (Å²) in [5.74, 6) is 0. The van der Waals surface area contributed by atoms with E-state index in [1.807, 2.05) is 0 Å². The van der Waals surface area contributed by atoms with Crippen molar-refractivity contribution < 1.29 is 9.85 Å². The highest BCUT2D eigenvalue weighted by atomic mass is 16.6. The fourth-order valence-corrected chi connectivity index (χ4v) is 2.30. The number of hydrogen-bond donors (Lipinski definition) is 0. The molecular formula is C17H11N3O4. The number of nitrogens with zero attached hydrogens (tertiary/aromatic N) is 3. The van der Waals surface area contributed by atoms with Crippen LogP contribution < -0.4 is 0 Å². The van der Waals surface area contributed by atoms with Crippen molar-refractivity contribution in [3.8, 4) is 0 Å². The van der Waals surface area contributed by atoms with Crippen molar-refractivity contribution in [3.05, 3.63) is 86.1 Å². The third-order valence-electron chi connectivity index (χ3n) is 3.48. The van der Waals surface area contributed by atoms with Crippen molar-refractivity contribution in [2.45, 2.75) is 0 Å². The molecule has 1 aromatic heterocycles. The molecule has 0 amide bonds. The number of hydrogen-bond acceptors (Lipinski definition) is 5. The largest absolute Gasteiger partial charge is 0.278 e. The zero-order valence-corrected chi connectivity index (χ0v) is 12.3. The van der Waals surface area contributed by atoms with Crippen LogP contribution in [0.5, 0.6) is 0 Å². The smallest absolute Gasteiger partial charge is 0.258 e. The van der Waals surface area contributed by atoms with Crippen molar-refractivity contribution in [1.82, 2.24) is 4.98 Å². The number of rotatable bonds is 4. The minimum atomic E-state index is -0.453.